The van der Waals surface area contributed by atoms with E-state index in [1.165, 1.54) is 11.1 Å². The van der Waals surface area contributed by atoms with Crippen LogP contribution in [0.1, 0.15) is 16.7 Å². The molecule has 4 nitrogen and oxygen atoms in total. The van der Waals surface area contributed by atoms with Crippen molar-refractivity contribution in [1.82, 2.24) is 4.98 Å². The molecule has 0 atom stereocenters. The first-order valence-corrected chi connectivity index (χ1v) is 9.68. The molecule has 0 bridgehead atoms. The first kappa shape index (κ1) is 20.3. The largest absolute Gasteiger partial charge is 0.493 e. The lowest BCUT2D eigenvalue weighted by molar-refractivity contribution is 0.355. The van der Waals surface area contributed by atoms with Crippen LogP contribution in [0.3, 0.4) is 0 Å². The van der Waals surface area contributed by atoms with Crippen LogP contribution in [0, 0.1) is 0 Å². The van der Waals surface area contributed by atoms with Gasteiger partial charge in [-0.05, 0) is 35.2 Å². The highest BCUT2D eigenvalue weighted by Crippen LogP contribution is 2.30. The minimum absolute atomic E-state index is 0.589. The number of anilines is 1. The number of methoxy groups -OCH3 is 2. The molecule has 0 unspecified atom stereocenters. The Balaban J connectivity index is 1.69. The Morgan fingerprint density at radius 2 is 1.57 bits per heavy atom. The Kier molecular flexibility index (Phi) is 7.01. The Labute approximate surface area is 175 Å². The summed E-state index contributed by atoms with van der Waals surface area (Å²) in [5.74, 6) is 1.42. The molecule has 0 aliphatic heterocycles. The molecule has 0 radical (unpaired) electrons. The predicted molar refractivity (Wildman–Crippen MR) is 115 cm³/mol. The van der Waals surface area contributed by atoms with Gasteiger partial charge in [-0.3, -0.25) is 4.98 Å². The Morgan fingerprint density at radius 3 is 2.25 bits per heavy atom. The van der Waals surface area contributed by atoms with Crippen molar-refractivity contribution < 1.29 is 9.47 Å². The van der Waals surface area contributed by atoms with Gasteiger partial charge in [0.25, 0.3) is 0 Å². The third-order valence-electron chi connectivity index (χ3n) is 4.54. The van der Waals surface area contributed by atoms with E-state index in [1.807, 2.05) is 30.3 Å². The van der Waals surface area contributed by atoms with Gasteiger partial charge in [-0.2, -0.15) is 0 Å². The lowest BCUT2D eigenvalue weighted by Crippen LogP contribution is -2.07. The first-order valence-electron chi connectivity index (χ1n) is 8.93. The van der Waals surface area contributed by atoms with Crippen LogP contribution in [0.4, 0.5) is 5.69 Å². The maximum atomic E-state index is 6.29. The lowest BCUT2D eigenvalue weighted by Gasteiger charge is -2.14. The third kappa shape index (κ3) is 4.89. The summed E-state index contributed by atoms with van der Waals surface area (Å²) in [4.78, 5) is 4.03. The normalized spacial score (nSPS) is 10.6. The summed E-state index contributed by atoms with van der Waals surface area (Å²) in [6.45, 7) is 0.782. The highest BCUT2D eigenvalue weighted by molar-refractivity contribution is 6.35. The number of hydrogen-bond acceptors (Lipinski definition) is 4. The SMILES string of the molecule is COc1ccc(NCCc2ccccc2Cc2c(Cl)cncc2Cl)cc1OC. The molecule has 28 heavy (non-hydrogen) atoms. The van der Waals surface area contributed by atoms with Crippen molar-refractivity contribution in [3.05, 3.63) is 81.6 Å². The molecule has 0 amide bonds. The summed E-state index contributed by atoms with van der Waals surface area (Å²) in [5.41, 5.74) is 4.33. The summed E-state index contributed by atoms with van der Waals surface area (Å²) in [6, 6.07) is 14.1. The number of benzene rings is 2. The van der Waals surface area contributed by atoms with E-state index in [-0.39, 0.29) is 0 Å². The second kappa shape index (κ2) is 9.67. The van der Waals surface area contributed by atoms with Crippen LogP contribution in [0.5, 0.6) is 11.5 Å². The molecule has 3 rings (SSSR count). The number of nitrogens with zero attached hydrogens (tertiary/aromatic N) is 1. The van der Waals surface area contributed by atoms with E-state index in [9.17, 15) is 0 Å². The molecule has 6 heteroatoms. The number of pyridine rings is 1. The van der Waals surface area contributed by atoms with E-state index in [0.29, 0.717) is 28.0 Å². The van der Waals surface area contributed by atoms with Gasteiger partial charge in [0.15, 0.2) is 11.5 Å². The quantitative estimate of drug-likeness (QED) is 0.514. The Bertz CT molecular complexity index is 927. The Morgan fingerprint density at radius 1 is 0.893 bits per heavy atom. The minimum atomic E-state index is 0.589. The average molecular weight is 417 g/mol. The molecule has 146 valence electrons. The van der Waals surface area contributed by atoms with Crippen LogP contribution < -0.4 is 14.8 Å². The molecule has 0 aliphatic carbocycles. The molecule has 0 fully saturated rings. The summed E-state index contributed by atoms with van der Waals surface area (Å²) in [7, 11) is 3.26. The van der Waals surface area contributed by atoms with Crippen molar-refractivity contribution in [2.75, 3.05) is 26.1 Å². The van der Waals surface area contributed by atoms with Gasteiger partial charge >= 0.3 is 0 Å². The van der Waals surface area contributed by atoms with E-state index in [0.717, 1.165) is 24.2 Å². The van der Waals surface area contributed by atoms with Gasteiger partial charge in [0, 0.05) is 37.1 Å². The third-order valence-corrected chi connectivity index (χ3v) is 5.20. The molecule has 3 aromatic rings. The van der Waals surface area contributed by atoms with Crippen LogP contribution in [0.25, 0.3) is 0 Å². The number of halogens is 2. The van der Waals surface area contributed by atoms with Gasteiger partial charge in [0.2, 0.25) is 0 Å². The van der Waals surface area contributed by atoms with Gasteiger partial charge in [-0.1, -0.05) is 47.5 Å². The fourth-order valence-electron chi connectivity index (χ4n) is 3.06. The van der Waals surface area contributed by atoms with Crippen molar-refractivity contribution in [3.8, 4) is 11.5 Å². The number of ether oxygens (including phenoxy) is 2. The second-order valence-corrected chi connectivity index (χ2v) is 7.09. The van der Waals surface area contributed by atoms with Gasteiger partial charge in [-0.15, -0.1) is 0 Å². The summed E-state index contributed by atoms with van der Waals surface area (Å²) in [5, 5.41) is 4.61. The highest BCUT2D eigenvalue weighted by Gasteiger charge is 2.10. The first-order chi connectivity index (χ1) is 13.6. The van der Waals surface area contributed by atoms with Gasteiger partial charge < -0.3 is 14.8 Å². The zero-order valence-electron chi connectivity index (χ0n) is 15.8. The molecule has 1 aromatic heterocycles. The Hall–Kier alpha value is -2.43. The van der Waals surface area contributed by atoms with Crippen LogP contribution in [0.2, 0.25) is 10.0 Å². The fourth-order valence-corrected chi connectivity index (χ4v) is 3.56. The lowest BCUT2D eigenvalue weighted by atomic mass is 9.98. The van der Waals surface area contributed by atoms with E-state index >= 15 is 0 Å². The van der Waals surface area contributed by atoms with E-state index in [2.05, 4.69) is 22.4 Å². The van der Waals surface area contributed by atoms with Crippen LogP contribution in [-0.2, 0) is 12.8 Å². The minimum Gasteiger partial charge on any atom is -0.493 e. The van der Waals surface area contributed by atoms with E-state index in [4.69, 9.17) is 32.7 Å². The molecular weight excluding hydrogens is 395 g/mol. The van der Waals surface area contributed by atoms with E-state index in [1.54, 1.807) is 26.6 Å². The van der Waals surface area contributed by atoms with Crippen molar-refractivity contribution in [2.45, 2.75) is 12.8 Å². The molecule has 0 saturated heterocycles. The molecule has 0 aliphatic rings. The van der Waals surface area contributed by atoms with E-state index < -0.39 is 0 Å². The molecule has 1 N–H and O–H groups in total. The molecule has 1 heterocycles. The fraction of sp³-hybridized carbons (Fsp3) is 0.227. The van der Waals surface area contributed by atoms with Gasteiger partial charge in [0.05, 0.1) is 24.3 Å². The van der Waals surface area contributed by atoms with Crippen LogP contribution in [-0.4, -0.2) is 25.7 Å². The summed E-state index contributed by atoms with van der Waals surface area (Å²) >= 11 is 12.6. The predicted octanol–water partition coefficient (Wildman–Crippen LogP) is 5.65. The van der Waals surface area contributed by atoms with Crippen LogP contribution >= 0.6 is 23.2 Å². The molecular formula is C22H22Cl2N2O2. The summed E-state index contributed by atoms with van der Waals surface area (Å²) in [6.07, 6.45) is 4.80. The monoisotopic (exact) mass is 416 g/mol. The summed E-state index contributed by atoms with van der Waals surface area (Å²) < 4.78 is 10.6. The van der Waals surface area contributed by atoms with Crippen LogP contribution in [0.15, 0.2) is 54.9 Å². The topological polar surface area (TPSA) is 43.4 Å². The number of nitrogens with one attached hydrogen (secondary N) is 1. The smallest absolute Gasteiger partial charge is 0.162 e. The standard InChI is InChI=1S/C22H22Cl2N2O2/c1-27-21-8-7-17(12-22(21)28-2)26-10-9-15-5-3-4-6-16(15)11-18-19(23)13-25-14-20(18)24/h3-8,12-14,26H,9-11H2,1-2H3. The number of hydrogen-bond donors (Lipinski definition) is 1. The van der Waals surface area contributed by atoms with Crippen molar-refractivity contribution >= 4 is 28.9 Å². The zero-order valence-corrected chi connectivity index (χ0v) is 17.3. The highest BCUT2D eigenvalue weighted by atomic mass is 35.5. The average Bonchev–Trinajstić information content (AvgIpc) is 2.71. The van der Waals surface area contributed by atoms with Gasteiger partial charge in [0.1, 0.15) is 0 Å². The molecule has 0 spiro atoms. The van der Waals surface area contributed by atoms with Crippen molar-refractivity contribution in [3.63, 3.8) is 0 Å². The molecule has 2 aromatic carbocycles. The second-order valence-electron chi connectivity index (χ2n) is 6.27. The molecule has 0 saturated carbocycles. The van der Waals surface area contributed by atoms with Crippen molar-refractivity contribution in [1.29, 1.82) is 0 Å². The maximum Gasteiger partial charge on any atom is 0.162 e. The number of aromatic nitrogens is 1. The van der Waals surface area contributed by atoms with Gasteiger partial charge in [-0.25, -0.2) is 0 Å². The van der Waals surface area contributed by atoms with Crippen molar-refractivity contribution in [2.24, 2.45) is 0 Å². The number of rotatable bonds is 8. The maximum absolute atomic E-state index is 6.29. The zero-order chi connectivity index (χ0) is 19.9.